The molecule has 0 fully saturated rings. The molecule has 3 rings (SSSR count). The molecule has 0 saturated heterocycles. The van der Waals surface area contributed by atoms with E-state index in [9.17, 15) is 0 Å². The van der Waals surface area contributed by atoms with Crippen molar-refractivity contribution in [2.75, 3.05) is 26.9 Å². The number of hydrogen-bond acceptors (Lipinski definition) is 4. The van der Waals surface area contributed by atoms with Gasteiger partial charge in [-0.2, -0.15) is 0 Å². The Bertz CT molecular complexity index is 626. The van der Waals surface area contributed by atoms with Crippen LogP contribution in [-0.2, 0) is 24.4 Å². The van der Waals surface area contributed by atoms with Crippen molar-refractivity contribution in [3.05, 3.63) is 48.0 Å². The number of imidazole rings is 1. The lowest BCUT2D eigenvalue weighted by molar-refractivity contribution is 0.0851. The molecule has 0 radical (unpaired) electrons. The maximum atomic E-state index is 5.67. The van der Waals surface area contributed by atoms with Crippen molar-refractivity contribution in [1.29, 1.82) is 0 Å². The van der Waals surface area contributed by atoms with Crippen LogP contribution in [0.15, 0.2) is 36.7 Å². The maximum Gasteiger partial charge on any atom is 0.122 e. The zero-order valence-electron chi connectivity index (χ0n) is 13.9. The molecule has 1 unspecified atom stereocenters. The van der Waals surface area contributed by atoms with Crippen LogP contribution in [0.25, 0.3) is 0 Å². The van der Waals surface area contributed by atoms with Crippen molar-refractivity contribution in [2.24, 2.45) is 5.92 Å². The van der Waals surface area contributed by atoms with E-state index in [2.05, 4.69) is 32.8 Å². The lowest BCUT2D eigenvalue weighted by Gasteiger charge is -2.23. The topological polar surface area (TPSA) is 39.5 Å². The van der Waals surface area contributed by atoms with E-state index in [0.29, 0.717) is 5.92 Å². The molecule has 1 aromatic heterocycles. The van der Waals surface area contributed by atoms with Crippen molar-refractivity contribution in [1.82, 2.24) is 14.5 Å². The van der Waals surface area contributed by atoms with E-state index in [4.69, 9.17) is 9.47 Å². The fourth-order valence-electron chi connectivity index (χ4n) is 3.16. The van der Waals surface area contributed by atoms with Gasteiger partial charge in [-0.05, 0) is 24.6 Å². The van der Waals surface area contributed by atoms with Gasteiger partial charge in [0.2, 0.25) is 0 Å². The van der Waals surface area contributed by atoms with Gasteiger partial charge in [-0.3, -0.25) is 4.90 Å². The molecule has 0 aliphatic carbocycles. The standard InChI is InChI=1S/C18H25N3O2/c1-3-23-14-16-11-20(13-18-19-7-8-21(18)12-16)10-15-5-4-6-17(9-15)22-2/h4-9,16H,3,10-14H2,1-2H3. The fraction of sp³-hybridized carbons (Fsp3) is 0.500. The second kappa shape index (κ2) is 7.62. The first-order valence-electron chi connectivity index (χ1n) is 8.21. The number of fused-ring (bicyclic) bond motifs is 1. The van der Waals surface area contributed by atoms with Crippen LogP contribution in [-0.4, -0.2) is 41.3 Å². The van der Waals surface area contributed by atoms with Gasteiger partial charge in [0.1, 0.15) is 11.6 Å². The molecule has 124 valence electrons. The Labute approximate surface area is 137 Å². The van der Waals surface area contributed by atoms with E-state index in [1.807, 2.05) is 25.3 Å². The third-order valence-electron chi connectivity index (χ3n) is 4.24. The molecule has 0 amide bonds. The van der Waals surface area contributed by atoms with E-state index in [0.717, 1.165) is 51.0 Å². The molecule has 0 saturated carbocycles. The van der Waals surface area contributed by atoms with Crippen molar-refractivity contribution in [3.8, 4) is 5.75 Å². The van der Waals surface area contributed by atoms with E-state index in [1.54, 1.807) is 7.11 Å². The molecule has 0 bridgehead atoms. The van der Waals surface area contributed by atoms with Crippen LogP contribution >= 0.6 is 0 Å². The molecule has 0 N–H and O–H groups in total. The highest BCUT2D eigenvalue weighted by Crippen LogP contribution is 2.20. The molecule has 1 aliphatic heterocycles. The molecule has 5 heteroatoms. The van der Waals surface area contributed by atoms with Crippen LogP contribution in [0.2, 0.25) is 0 Å². The predicted molar refractivity (Wildman–Crippen MR) is 89.3 cm³/mol. The summed E-state index contributed by atoms with van der Waals surface area (Å²) in [5.41, 5.74) is 1.26. The maximum absolute atomic E-state index is 5.67. The molecule has 1 atom stereocenters. The van der Waals surface area contributed by atoms with Gasteiger partial charge in [-0.1, -0.05) is 12.1 Å². The summed E-state index contributed by atoms with van der Waals surface area (Å²) in [6.45, 7) is 7.36. The molecular weight excluding hydrogens is 290 g/mol. The van der Waals surface area contributed by atoms with Crippen LogP contribution in [0.3, 0.4) is 0 Å². The van der Waals surface area contributed by atoms with Crippen LogP contribution < -0.4 is 4.74 Å². The Morgan fingerprint density at radius 1 is 1.30 bits per heavy atom. The number of nitrogens with zero attached hydrogens (tertiary/aromatic N) is 3. The molecule has 23 heavy (non-hydrogen) atoms. The summed E-state index contributed by atoms with van der Waals surface area (Å²) in [7, 11) is 1.71. The lowest BCUT2D eigenvalue weighted by Crippen LogP contribution is -2.30. The Balaban J connectivity index is 1.74. The lowest BCUT2D eigenvalue weighted by atomic mass is 10.1. The number of benzene rings is 1. The van der Waals surface area contributed by atoms with Crippen molar-refractivity contribution < 1.29 is 9.47 Å². The van der Waals surface area contributed by atoms with Gasteiger partial charge >= 0.3 is 0 Å². The summed E-state index contributed by atoms with van der Waals surface area (Å²) < 4.78 is 13.3. The number of ether oxygens (including phenoxy) is 2. The highest BCUT2D eigenvalue weighted by molar-refractivity contribution is 5.28. The fourth-order valence-corrected chi connectivity index (χ4v) is 3.16. The molecule has 2 aromatic rings. The quantitative estimate of drug-likeness (QED) is 0.821. The molecule has 1 aromatic carbocycles. The first-order valence-corrected chi connectivity index (χ1v) is 8.21. The van der Waals surface area contributed by atoms with Crippen LogP contribution in [0.4, 0.5) is 0 Å². The number of hydrogen-bond donors (Lipinski definition) is 0. The monoisotopic (exact) mass is 315 g/mol. The van der Waals surface area contributed by atoms with Crippen molar-refractivity contribution >= 4 is 0 Å². The van der Waals surface area contributed by atoms with Gasteiger partial charge in [0.15, 0.2) is 0 Å². The van der Waals surface area contributed by atoms with E-state index in [1.165, 1.54) is 5.56 Å². The highest BCUT2D eigenvalue weighted by Gasteiger charge is 2.22. The number of methoxy groups -OCH3 is 1. The summed E-state index contributed by atoms with van der Waals surface area (Å²) >= 11 is 0. The summed E-state index contributed by atoms with van der Waals surface area (Å²) in [5.74, 6) is 2.52. The Morgan fingerprint density at radius 3 is 3.04 bits per heavy atom. The minimum absolute atomic E-state index is 0.482. The summed E-state index contributed by atoms with van der Waals surface area (Å²) in [6.07, 6.45) is 3.96. The second-order valence-corrected chi connectivity index (χ2v) is 6.04. The first-order chi connectivity index (χ1) is 11.3. The van der Waals surface area contributed by atoms with Crippen molar-refractivity contribution in [3.63, 3.8) is 0 Å². The minimum Gasteiger partial charge on any atom is -0.497 e. The van der Waals surface area contributed by atoms with Gasteiger partial charge in [0.05, 0.1) is 20.3 Å². The van der Waals surface area contributed by atoms with Gasteiger partial charge in [0.25, 0.3) is 0 Å². The average molecular weight is 315 g/mol. The Hall–Kier alpha value is -1.85. The van der Waals surface area contributed by atoms with Gasteiger partial charge in [-0.25, -0.2) is 4.98 Å². The third kappa shape index (κ3) is 4.12. The van der Waals surface area contributed by atoms with Crippen LogP contribution in [0.5, 0.6) is 5.75 Å². The smallest absolute Gasteiger partial charge is 0.122 e. The Kier molecular flexibility index (Phi) is 5.31. The van der Waals surface area contributed by atoms with Gasteiger partial charge < -0.3 is 14.0 Å². The number of rotatable bonds is 6. The molecule has 0 spiro atoms. The Morgan fingerprint density at radius 2 is 2.22 bits per heavy atom. The third-order valence-corrected chi connectivity index (χ3v) is 4.24. The van der Waals surface area contributed by atoms with Gasteiger partial charge in [0, 0.05) is 44.6 Å². The molecular formula is C18H25N3O2. The van der Waals surface area contributed by atoms with E-state index in [-0.39, 0.29) is 0 Å². The largest absolute Gasteiger partial charge is 0.497 e. The summed E-state index contributed by atoms with van der Waals surface area (Å²) in [6, 6.07) is 8.29. The molecule has 5 nitrogen and oxygen atoms in total. The number of aromatic nitrogens is 2. The van der Waals surface area contributed by atoms with Crippen molar-refractivity contribution in [2.45, 2.75) is 26.6 Å². The normalized spacial score (nSPS) is 18.4. The first kappa shape index (κ1) is 16.0. The molecule has 2 heterocycles. The zero-order valence-corrected chi connectivity index (χ0v) is 13.9. The summed E-state index contributed by atoms with van der Waals surface area (Å²) in [5, 5.41) is 0. The second-order valence-electron chi connectivity index (χ2n) is 6.04. The highest BCUT2D eigenvalue weighted by atomic mass is 16.5. The zero-order chi connectivity index (χ0) is 16.1. The minimum atomic E-state index is 0.482. The molecule has 1 aliphatic rings. The predicted octanol–water partition coefficient (Wildman–Crippen LogP) is 2.56. The van der Waals surface area contributed by atoms with Gasteiger partial charge in [-0.15, -0.1) is 0 Å². The van der Waals surface area contributed by atoms with Crippen LogP contribution in [0, 0.1) is 5.92 Å². The summed E-state index contributed by atoms with van der Waals surface area (Å²) in [4.78, 5) is 6.96. The SMILES string of the molecule is CCOCC1CN(Cc2cccc(OC)c2)Cc2nccn2C1. The van der Waals surface area contributed by atoms with E-state index >= 15 is 0 Å². The van der Waals surface area contributed by atoms with Crippen LogP contribution in [0.1, 0.15) is 18.3 Å². The van der Waals surface area contributed by atoms with E-state index < -0.39 is 0 Å². The average Bonchev–Trinajstić information content (AvgIpc) is 2.92.